The molecular weight excluding hydrogens is 320 g/mol. The standard InChI is InChI=1S/C22H24N4/c1-3-7-17(8-4-1)14-23-20-11-12-21-19(13-20)16-25-22(26-21)24-15-18-9-5-2-6-10-18/h1-10,16,20,23H,11-15H2,(H,24,25,26)/t20-/m0/s1. The normalized spacial score (nSPS) is 16.1. The van der Waals surface area contributed by atoms with E-state index in [0.717, 1.165) is 38.3 Å². The number of aromatic nitrogens is 2. The first-order valence-corrected chi connectivity index (χ1v) is 9.27. The van der Waals surface area contributed by atoms with Crippen LogP contribution < -0.4 is 10.6 Å². The molecule has 0 amide bonds. The average Bonchev–Trinajstić information content (AvgIpc) is 2.72. The van der Waals surface area contributed by atoms with Crippen molar-refractivity contribution < 1.29 is 0 Å². The zero-order valence-corrected chi connectivity index (χ0v) is 14.9. The van der Waals surface area contributed by atoms with Crippen LogP contribution in [0.15, 0.2) is 66.9 Å². The quantitative estimate of drug-likeness (QED) is 0.715. The second kappa shape index (κ2) is 8.11. The minimum Gasteiger partial charge on any atom is -0.350 e. The van der Waals surface area contributed by atoms with Gasteiger partial charge in [0.1, 0.15) is 0 Å². The van der Waals surface area contributed by atoms with E-state index >= 15 is 0 Å². The molecule has 4 nitrogen and oxygen atoms in total. The summed E-state index contributed by atoms with van der Waals surface area (Å²) in [5.41, 5.74) is 5.02. The Morgan fingerprint density at radius 1 is 0.885 bits per heavy atom. The predicted octanol–water partition coefficient (Wildman–Crippen LogP) is 3.74. The molecule has 0 saturated heterocycles. The molecule has 0 fully saturated rings. The van der Waals surface area contributed by atoms with Crippen LogP contribution >= 0.6 is 0 Å². The van der Waals surface area contributed by atoms with Crippen molar-refractivity contribution in [3.8, 4) is 0 Å². The summed E-state index contributed by atoms with van der Waals surface area (Å²) >= 11 is 0. The SMILES string of the molecule is c1ccc(CNc2ncc3c(n2)CC[C@H](NCc2ccccc2)C3)cc1. The van der Waals surface area contributed by atoms with Gasteiger partial charge in [0.05, 0.1) is 0 Å². The maximum absolute atomic E-state index is 4.73. The number of hydrogen-bond donors (Lipinski definition) is 2. The molecule has 132 valence electrons. The Morgan fingerprint density at radius 2 is 1.58 bits per heavy atom. The Morgan fingerprint density at radius 3 is 2.31 bits per heavy atom. The van der Waals surface area contributed by atoms with Gasteiger partial charge in [-0.05, 0) is 36.0 Å². The van der Waals surface area contributed by atoms with Gasteiger partial charge in [-0.15, -0.1) is 0 Å². The van der Waals surface area contributed by atoms with E-state index in [9.17, 15) is 0 Å². The first-order chi connectivity index (χ1) is 12.9. The molecule has 2 aromatic carbocycles. The van der Waals surface area contributed by atoms with Gasteiger partial charge >= 0.3 is 0 Å². The van der Waals surface area contributed by atoms with Crippen molar-refractivity contribution in [3.05, 3.63) is 89.2 Å². The van der Waals surface area contributed by atoms with Crippen LogP contribution in [0, 0.1) is 0 Å². The lowest BCUT2D eigenvalue weighted by atomic mass is 9.92. The molecule has 26 heavy (non-hydrogen) atoms. The van der Waals surface area contributed by atoms with E-state index in [1.54, 1.807) is 0 Å². The largest absolute Gasteiger partial charge is 0.350 e. The minimum atomic E-state index is 0.495. The lowest BCUT2D eigenvalue weighted by Crippen LogP contribution is -2.34. The molecule has 0 saturated carbocycles. The number of rotatable bonds is 6. The van der Waals surface area contributed by atoms with E-state index in [0.29, 0.717) is 6.04 Å². The van der Waals surface area contributed by atoms with Crippen molar-refractivity contribution in [1.82, 2.24) is 15.3 Å². The predicted molar refractivity (Wildman–Crippen MR) is 105 cm³/mol. The number of nitrogens with one attached hydrogen (secondary N) is 2. The topological polar surface area (TPSA) is 49.8 Å². The molecule has 0 bridgehead atoms. The fourth-order valence-corrected chi connectivity index (χ4v) is 3.40. The highest BCUT2D eigenvalue weighted by molar-refractivity contribution is 5.33. The van der Waals surface area contributed by atoms with Gasteiger partial charge in [0, 0.05) is 31.0 Å². The Bertz CT molecular complexity index is 833. The average molecular weight is 344 g/mol. The highest BCUT2D eigenvalue weighted by Gasteiger charge is 2.20. The second-order valence-corrected chi connectivity index (χ2v) is 6.81. The molecule has 4 rings (SSSR count). The molecule has 4 heteroatoms. The van der Waals surface area contributed by atoms with Gasteiger partial charge in [0.2, 0.25) is 5.95 Å². The van der Waals surface area contributed by atoms with Crippen molar-refractivity contribution in [2.75, 3.05) is 5.32 Å². The summed E-state index contributed by atoms with van der Waals surface area (Å²) in [4.78, 5) is 9.24. The first kappa shape index (κ1) is 16.7. The van der Waals surface area contributed by atoms with Crippen molar-refractivity contribution in [1.29, 1.82) is 0 Å². The van der Waals surface area contributed by atoms with Crippen LogP contribution in [-0.4, -0.2) is 16.0 Å². The van der Waals surface area contributed by atoms with E-state index in [-0.39, 0.29) is 0 Å². The van der Waals surface area contributed by atoms with E-state index in [4.69, 9.17) is 4.98 Å². The van der Waals surface area contributed by atoms with Crippen molar-refractivity contribution in [2.24, 2.45) is 0 Å². The Balaban J connectivity index is 1.33. The third-order valence-corrected chi connectivity index (χ3v) is 4.88. The van der Waals surface area contributed by atoms with Crippen LogP contribution in [-0.2, 0) is 25.9 Å². The summed E-state index contributed by atoms with van der Waals surface area (Å²) in [5, 5.41) is 7.00. The second-order valence-electron chi connectivity index (χ2n) is 6.81. The third kappa shape index (κ3) is 4.27. The monoisotopic (exact) mass is 344 g/mol. The van der Waals surface area contributed by atoms with Crippen LogP contribution in [0.2, 0.25) is 0 Å². The van der Waals surface area contributed by atoms with Crippen molar-refractivity contribution in [3.63, 3.8) is 0 Å². The summed E-state index contributed by atoms with van der Waals surface area (Å²) in [7, 11) is 0. The number of benzene rings is 2. The van der Waals surface area contributed by atoms with Crippen LogP contribution in [0.1, 0.15) is 28.8 Å². The number of hydrogen-bond acceptors (Lipinski definition) is 4. The highest BCUT2D eigenvalue weighted by Crippen LogP contribution is 2.21. The number of aryl methyl sites for hydroxylation is 1. The molecule has 1 aliphatic carbocycles. The smallest absolute Gasteiger partial charge is 0.223 e. The van der Waals surface area contributed by atoms with Crippen LogP contribution in [0.4, 0.5) is 5.95 Å². The van der Waals surface area contributed by atoms with E-state index in [1.807, 2.05) is 24.4 Å². The maximum atomic E-state index is 4.73. The van der Waals surface area contributed by atoms with Gasteiger partial charge in [0.25, 0.3) is 0 Å². The first-order valence-electron chi connectivity index (χ1n) is 9.27. The number of fused-ring (bicyclic) bond motifs is 1. The summed E-state index contributed by atoms with van der Waals surface area (Å²) in [6.07, 6.45) is 5.12. The lowest BCUT2D eigenvalue weighted by Gasteiger charge is -2.25. The summed E-state index contributed by atoms with van der Waals surface area (Å²) in [6.45, 7) is 1.67. The minimum absolute atomic E-state index is 0.495. The number of nitrogens with zero attached hydrogens (tertiary/aromatic N) is 2. The van der Waals surface area contributed by atoms with E-state index < -0.39 is 0 Å². The summed E-state index contributed by atoms with van der Waals surface area (Å²) in [5.74, 6) is 0.725. The van der Waals surface area contributed by atoms with Crippen LogP contribution in [0.25, 0.3) is 0 Å². The summed E-state index contributed by atoms with van der Waals surface area (Å²) < 4.78 is 0. The fourth-order valence-electron chi connectivity index (χ4n) is 3.40. The molecular formula is C22H24N4. The lowest BCUT2D eigenvalue weighted by molar-refractivity contribution is 0.452. The fraction of sp³-hybridized carbons (Fsp3) is 0.273. The van der Waals surface area contributed by atoms with Gasteiger partial charge in [0.15, 0.2) is 0 Å². The molecule has 1 atom stereocenters. The highest BCUT2D eigenvalue weighted by atomic mass is 15.1. The maximum Gasteiger partial charge on any atom is 0.223 e. The Labute approximate surface area is 154 Å². The Hall–Kier alpha value is -2.72. The molecule has 1 aromatic heterocycles. The van der Waals surface area contributed by atoms with Crippen molar-refractivity contribution >= 4 is 5.95 Å². The summed E-state index contributed by atoms with van der Waals surface area (Å²) in [6, 6.07) is 21.4. The van der Waals surface area contributed by atoms with Gasteiger partial charge in [-0.25, -0.2) is 9.97 Å². The molecule has 0 unspecified atom stereocenters. The molecule has 1 heterocycles. The molecule has 0 radical (unpaired) electrons. The number of anilines is 1. The van der Waals surface area contributed by atoms with Gasteiger partial charge in [-0.1, -0.05) is 60.7 Å². The van der Waals surface area contributed by atoms with Gasteiger partial charge in [-0.3, -0.25) is 0 Å². The van der Waals surface area contributed by atoms with Crippen molar-refractivity contribution in [2.45, 2.75) is 38.4 Å². The zero-order valence-electron chi connectivity index (χ0n) is 14.9. The zero-order chi connectivity index (χ0) is 17.6. The molecule has 0 spiro atoms. The van der Waals surface area contributed by atoms with E-state index in [1.165, 1.54) is 22.4 Å². The Kier molecular flexibility index (Phi) is 5.22. The molecule has 3 aromatic rings. The van der Waals surface area contributed by atoms with Gasteiger partial charge < -0.3 is 10.6 Å². The molecule has 1 aliphatic rings. The van der Waals surface area contributed by atoms with E-state index in [2.05, 4.69) is 58.1 Å². The molecule has 2 N–H and O–H groups in total. The third-order valence-electron chi connectivity index (χ3n) is 4.88. The molecule has 0 aliphatic heterocycles. The van der Waals surface area contributed by atoms with Crippen LogP contribution in [0.5, 0.6) is 0 Å². The van der Waals surface area contributed by atoms with Crippen LogP contribution in [0.3, 0.4) is 0 Å². The van der Waals surface area contributed by atoms with Gasteiger partial charge in [-0.2, -0.15) is 0 Å².